The Morgan fingerprint density at radius 1 is 0.600 bits per heavy atom. The van der Waals surface area contributed by atoms with Crippen molar-refractivity contribution in [3.8, 4) is 22.8 Å². The van der Waals surface area contributed by atoms with Gasteiger partial charge in [-0.05, 0) is 25.0 Å². The van der Waals surface area contributed by atoms with Gasteiger partial charge in [0.1, 0.15) is 40.4 Å². The van der Waals surface area contributed by atoms with Crippen LogP contribution in [0.1, 0.15) is 20.9 Å². The molecule has 0 unspecified atom stereocenters. The van der Waals surface area contributed by atoms with Gasteiger partial charge in [0.2, 0.25) is 20.0 Å². The summed E-state index contributed by atoms with van der Waals surface area (Å²) >= 11 is 3.16. The molecule has 15 N–H and O–H groups in total. The summed E-state index contributed by atoms with van der Waals surface area (Å²) in [5.41, 5.74) is 33.7. The number of morpholine rings is 2. The van der Waals surface area contributed by atoms with Crippen molar-refractivity contribution < 1.29 is 55.8 Å². The number of hydrazine groups is 1. The van der Waals surface area contributed by atoms with Crippen molar-refractivity contribution in [2.45, 2.75) is 26.9 Å². The summed E-state index contributed by atoms with van der Waals surface area (Å²) in [4.78, 5) is 49.5. The van der Waals surface area contributed by atoms with Gasteiger partial charge in [0.05, 0.1) is 76.7 Å². The average Bonchev–Trinajstić information content (AvgIpc) is 3.92. The number of piperazine rings is 2. The van der Waals surface area contributed by atoms with Crippen LogP contribution in [-0.2, 0) is 62.1 Å². The molecule has 6 aromatic rings. The molecule has 0 spiro atoms. The molecular formula is C46H71N20O9S4Zn-. The number of nitrogen functional groups attached to an aromatic ring is 5. The van der Waals surface area contributed by atoms with Crippen LogP contribution < -0.4 is 50.2 Å². The van der Waals surface area contributed by atoms with Gasteiger partial charge in [-0.2, -0.15) is 8.61 Å². The van der Waals surface area contributed by atoms with Crippen molar-refractivity contribution in [2.24, 2.45) is 11.7 Å². The summed E-state index contributed by atoms with van der Waals surface area (Å²) in [5, 5.41) is 20.9. The fourth-order valence-electron chi connectivity index (χ4n) is 9.56. The van der Waals surface area contributed by atoms with E-state index in [1.807, 2.05) is 6.92 Å². The molecule has 4 saturated heterocycles. The second-order valence-electron chi connectivity index (χ2n) is 18.4. The average molecular weight is 1240 g/mol. The molecule has 6 aromatic heterocycles. The SMILES string of the molecule is CO.Cc1c(CN2CCN(S(C)(=O)=O)CC2)sc2c(N3CCOCC3)nc(-c3ncc(N)nc3N)c(N)c12.Cc1c(CN2CCN(S(C)(=O)=O)CC2)sc2c(N3CCOCC3)nc(-c3ncc(N)nc3N)c([N+](=O)[O-])c12.NN.[CH3-].[Zn]. The fourth-order valence-corrected chi connectivity index (χ4v) is 14.0. The molecule has 4 aliphatic heterocycles. The number of pyridine rings is 2. The van der Waals surface area contributed by atoms with Crippen LogP contribution in [0.2, 0.25) is 0 Å². The van der Waals surface area contributed by atoms with E-state index in [1.165, 1.54) is 49.7 Å². The third kappa shape index (κ3) is 14.4. The molecule has 0 aliphatic carbocycles. The van der Waals surface area contributed by atoms with Gasteiger partial charge < -0.3 is 60.5 Å². The molecule has 10 rings (SSSR count). The summed E-state index contributed by atoms with van der Waals surface area (Å²) in [6, 6.07) is 0. The van der Waals surface area contributed by atoms with Crippen LogP contribution in [0.4, 0.5) is 46.3 Å². The molecule has 4 aliphatic rings. The van der Waals surface area contributed by atoms with Gasteiger partial charge in [-0.15, -0.1) is 22.7 Å². The summed E-state index contributed by atoms with van der Waals surface area (Å²) in [6.07, 6.45) is 5.23. The van der Waals surface area contributed by atoms with Crippen molar-refractivity contribution in [3.63, 3.8) is 0 Å². The first-order valence-corrected chi connectivity index (χ1v) is 29.9. The molecule has 0 bridgehead atoms. The minimum Gasteiger partial charge on any atom is -0.400 e. The zero-order chi connectivity index (χ0) is 56.8. The number of nitrogens with zero attached hydrogens (tertiary/aromatic N) is 13. The molecule has 0 radical (unpaired) electrons. The van der Waals surface area contributed by atoms with Gasteiger partial charge in [0.25, 0.3) is 0 Å². The van der Waals surface area contributed by atoms with Crippen LogP contribution in [0, 0.1) is 31.4 Å². The quantitative estimate of drug-likeness (QED) is 0.0290. The summed E-state index contributed by atoms with van der Waals surface area (Å²) in [7, 11) is -5.41. The number of aryl methyl sites for hydroxylation is 2. The van der Waals surface area contributed by atoms with Crippen LogP contribution in [0.3, 0.4) is 0 Å². The Hall–Kier alpha value is -5.46. The van der Waals surface area contributed by atoms with Crippen molar-refractivity contribution in [3.05, 3.63) is 50.8 Å². The first kappa shape index (κ1) is 65.4. The zero-order valence-electron chi connectivity index (χ0n) is 45.8. The number of thiophene rings is 2. The number of hydrogen-bond donors (Lipinski definition) is 8. The van der Waals surface area contributed by atoms with Crippen LogP contribution in [0.15, 0.2) is 12.4 Å². The van der Waals surface area contributed by atoms with Gasteiger partial charge >= 0.3 is 5.69 Å². The number of anilines is 7. The topological polar surface area (TPSA) is 429 Å². The summed E-state index contributed by atoms with van der Waals surface area (Å²) in [6.45, 7) is 14.4. The molecule has 4 fully saturated rings. The molecule has 0 saturated carbocycles. The number of rotatable bonds is 11. The predicted molar refractivity (Wildman–Crippen MR) is 312 cm³/mol. The smallest absolute Gasteiger partial charge is 0.306 e. The largest absolute Gasteiger partial charge is 0.400 e. The van der Waals surface area contributed by atoms with E-state index < -0.39 is 25.0 Å². The Morgan fingerprint density at radius 2 is 0.963 bits per heavy atom. The minimum absolute atomic E-state index is 0. The molecule has 0 amide bonds. The molecule has 0 atom stereocenters. The van der Waals surface area contributed by atoms with Crippen molar-refractivity contribution in [1.82, 2.24) is 48.3 Å². The Balaban J connectivity index is 0.000000271. The van der Waals surface area contributed by atoms with Gasteiger partial charge in [0.15, 0.2) is 17.3 Å². The molecule has 80 heavy (non-hydrogen) atoms. The van der Waals surface area contributed by atoms with E-state index in [2.05, 4.69) is 58.1 Å². The summed E-state index contributed by atoms with van der Waals surface area (Å²) in [5.74, 6) is 9.92. The van der Waals surface area contributed by atoms with Gasteiger partial charge in [0, 0.05) is 133 Å². The number of aliphatic hydroxyl groups excluding tert-OH is 1. The second-order valence-corrected chi connectivity index (χ2v) is 24.6. The minimum atomic E-state index is -3.24. The maximum absolute atomic E-state index is 12.5. The van der Waals surface area contributed by atoms with Gasteiger partial charge in [-0.25, -0.2) is 46.7 Å². The third-order valence-corrected chi connectivity index (χ3v) is 18.7. The fraction of sp³-hybridized carbons (Fsp3) is 0.500. The van der Waals surface area contributed by atoms with Crippen LogP contribution in [0.5, 0.6) is 0 Å². The maximum Gasteiger partial charge on any atom is 0.306 e. The van der Waals surface area contributed by atoms with Crippen molar-refractivity contribution in [2.75, 3.05) is 163 Å². The normalized spacial score (nSPS) is 16.8. The van der Waals surface area contributed by atoms with Crippen LogP contribution in [0.25, 0.3) is 42.9 Å². The molecule has 0 aromatic carbocycles. The molecule has 436 valence electrons. The maximum atomic E-state index is 12.5. The molecule has 10 heterocycles. The van der Waals surface area contributed by atoms with Crippen molar-refractivity contribution in [1.29, 1.82) is 0 Å². The Morgan fingerprint density at radius 3 is 1.34 bits per heavy atom. The Kier molecular flexibility index (Phi) is 22.9. The van der Waals surface area contributed by atoms with E-state index in [0.717, 1.165) is 39.0 Å². The monoisotopic (exact) mass is 1240 g/mol. The summed E-state index contributed by atoms with van der Waals surface area (Å²) < 4.78 is 63.4. The first-order valence-electron chi connectivity index (χ1n) is 24.5. The van der Waals surface area contributed by atoms with E-state index in [0.29, 0.717) is 151 Å². The van der Waals surface area contributed by atoms with Crippen LogP contribution >= 0.6 is 22.7 Å². The van der Waals surface area contributed by atoms with Gasteiger partial charge in [-0.3, -0.25) is 31.6 Å². The molecule has 29 nitrogen and oxygen atoms in total. The number of aromatic nitrogens is 6. The van der Waals surface area contributed by atoms with Crippen molar-refractivity contribution >= 4 is 109 Å². The number of nitro groups is 1. The van der Waals surface area contributed by atoms with Gasteiger partial charge in [-0.1, -0.05) is 0 Å². The Bertz CT molecular complexity index is 3350. The van der Waals surface area contributed by atoms with Crippen LogP contribution in [-0.4, -0.2) is 200 Å². The Labute approximate surface area is 485 Å². The standard InChI is InChI=1S/C22H29N9O5S2.C22H31N9O3S2.CH4O.CH3.H4N2.Zn/c1-13-14(12-28-3-5-30(6-4-28)38(2,34)35)37-20-16(13)19(31(32)33)17(18-21(24)26-15(23)11-25-18)27-22(20)29-7-9-36-10-8-29;1-13-14(12-29-3-5-31(6-4-29)36(2,32)33)35-20-16(13)17(24)18(19-21(25)27-15(23)11-26-19)28-22(20)30-7-9-34-10-8-30;1-2;;1-2;/h11H,3-10,12H2,1-2H3,(H4,23,24,26);11H,3-10,12,24H2,1-2H3,(H4,23,25,27);2H,1H3;1H3;1-2H2;/q;;;-1;;. The molecule has 34 heteroatoms. The number of sulfonamides is 2. The van der Waals surface area contributed by atoms with E-state index >= 15 is 0 Å². The zero-order valence-corrected chi connectivity index (χ0v) is 52.0. The van der Waals surface area contributed by atoms with E-state index in [4.69, 9.17) is 53.2 Å². The third-order valence-electron chi connectivity index (χ3n) is 13.5. The molecular weight excluding hydrogens is 1170 g/mol. The number of hydrogen-bond acceptors (Lipinski definition) is 28. The van der Waals surface area contributed by atoms with E-state index in [9.17, 15) is 26.9 Å². The first-order chi connectivity index (χ1) is 37.2. The predicted octanol–water partition coefficient (Wildman–Crippen LogP) is 0.645. The van der Waals surface area contributed by atoms with E-state index in [-0.39, 0.29) is 67.3 Å². The number of ether oxygens (including phenoxy) is 2. The number of nitrogens with two attached hydrogens (primary N) is 7. The number of aliphatic hydroxyl groups is 1. The van der Waals surface area contributed by atoms with E-state index in [1.54, 1.807) is 11.3 Å². The number of fused-ring (bicyclic) bond motifs is 2. The second kappa shape index (κ2) is 28.0.